The number of thiocarbonyl (C=S) groups is 1. The fourth-order valence-electron chi connectivity index (χ4n) is 2.41. The van der Waals surface area contributed by atoms with Gasteiger partial charge in [-0.25, -0.2) is 0 Å². The number of ether oxygens (including phenoxy) is 2. The monoisotopic (exact) mass is 359 g/mol. The molecule has 0 saturated heterocycles. The molecule has 0 aliphatic rings. The number of nitrogens with zero attached hydrogens (tertiary/aromatic N) is 1. The van der Waals surface area contributed by atoms with Crippen LogP contribution in [0.3, 0.4) is 0 Å². The molecule has 0 radical (unpaired) electrons. The quantitative estimate of drug-likeness (QED) is 0.555. The van der Waals surface area contributed by atoms with Crippen LogP contribution >= 0.6 is 12.2 Å². The molecule has 25 heavy (non-hydrogen) atoms. The lowest BCUT2D eigenvalue weighted by Crippen LogP contribution is -2.31. The lowest BCUT2D eigenvalue weighted by molar-refractivity contribution is 0.405. The number of nitrogens with one attached hydrogen (secondary N) is 2. The van der Waals surface area contributed by atoms with Gasteiger partial charge in [0, 0.05) is 31.9 Å². The number of hydrogen-bond donors (Lipinski definition) is 2. The molecule has 0 aromatic heterocycles. The van der Waals surface area contributed by atoms with Crippen molar-refractivity contribution in [3.8, 4) is 11.5 Å². The third-order valence-electron chi connectivity index (χ3n) is 3.81. The van der Waals surface area contributed by atoms with Gasteiger partial charge in [-0.2, -0.15) is 0 Å². The lowest BCUT2D eigenvalue weighted by atomic mass is 10.2. The summed E-state index contributed by atoms with van der Waals surface area (Å²) in [6.07, 6.45) is 0.975. The molecule has 0 atom stereocenters. The summed E-state index contributed by atoms with van der Waals surface area (Å²) in [5.41, 5.74) is 1.99. The molecule has 0 saturated carbocycles. The number of methoxy groups -OCH3 is 2. The summed E-state index contributed by atoms with van der Waals surface area (Å²) in [4.78, 5) is 2.23. The maximum atomic E-state index is 5.36. The highest BCUT2D eigenvalue weighted by atomic mass is 32.1. The number of rotatable bonds is 8. The summed E-state index contributed by atoms with van der Waals surface area (Å²) in [5.74, 6) is 1.46. The van der Waals surface area contributed by atoms with E-state index in [1.807, 2.05) is 36.4 Å². The van der Waals surface area contributed by atoms with Crippen LogP contribution in [0.25, 0.3) is 0 Å². The van der Waals surface area contributed by atoms with E-state index in [-0.39, 0.29) is 0 Å². The molecule has 5 nitrogen and oxygen atoms in total. The second-order valence-electron chi connectivity index (χ2n) is 5.56. The van der Waals surface area contributed by atoms with Crippen molar-refractivity contribution in [2.45, 2.75) is 6.42 Å². The Morgan fingerprint density at radius 3 is 2.52 bits per heavy atom. The van der Waals surface area contributed by atoms with Gasteiger partial charge in [0.2, 0.25) is 0 Å². The molecule has 0 bridgehead atoms. The van der Waals surface area contributed by atoms with Crippen LogP contribution in [0.15, 0.2) is 48.5 Å². The smallest absolute Gasteiger partial charge is 0.170 e. The summed E-state index contributed by atoms with van der Waals surface area (Å²) >= 11 is 5.36. The van der Waals surface area contributed by atoms with Crippen LogP contribution in [0.5, 0.6) is 11.5 Å². The zero-order chi connectivity index (χ0) is 18.1. The van der Waals surface area contributed by atoms with Crippen LogP contribution in [0.4, 0.5) is 11.4 Å². The number of benzene rings is 2. The Bertz CT molecular complexity index is 680. The van der Waals surface area contributed by atoms with E-state index >= 15 is 0 Å². The van der Waals surface area contributed by atoms with Gasteiger partial charge in [0.15, 0.2) is 5.11 Å². The Hall–Kier alpha value is -2.47. The number of hydrogen-bond acceptors (Lipinski definition) is 4. The summed E-state index contributed by atoms with van der Waals surface area (Å²) in [5, 5.41) is 6.95. The van der Waals surface area contributed by atoms with Crippen LogP contribution in [-0.4, -0.2) is 39.5 Å². The predicted molar refractivity (Wildman–Crippen MR) is 108 cm³/mol. The van der Waals surface area contributed by atoms with E-state index in [1.54, 1.807) is 14.2 Å². The third-order valence-corrected chi connectivity index (χ3v) is 4.05. The van der Waals surface area contributed by atoms with Crippen molar-refractivity contribution in [3.63, 3.8) is 0 Å². The van der Waals surface area contributed by atoms with Gasteiger partial charge in [-0.3, -0.25) is 0 Å². The van der Waals surface area contributed by atoms with E-state index in [0.29, 0.717) is 10.9 Å². The molecule has 0 spiro atoms. The van der Waals surface area contributed by atoms with Crippen molar-refractivity contribution in [1.29, 1.82) is 0 Å². The fourth-order valence-corrected chi connectivity index (χ4v) is 2.62. The Morgan fingerprint density at radius 1 is 1.08 bits per heavy atom. The predicted octanol–water partition coefficient (Wildman–Crippen LogP) is 3.52. The van der Waals surface area contributed by atoms with Crippen LogP contribution < -0.4 is 25.0 Å². The summed E-state index contributed by atoms with van der Waals surface area (Å²) in [6, 6.07) is 15.9. The van der Waals surface area contributed by atoms with Crippen molar-refractivity contribution >= 4 is 28.7 Å². The van der Waals surface area contributed by atoms with Gasteiger partial charge in [-0.15, -0.1) is 0 Å². The van der Waals surface area contributed by atoms with Crippen LogP contribution in [0, 0.1) is 0 Å². The average Bonchev–Trinajstić information content (AvgIpc) is 2.65. The van der Waals surface area contributed by atoms with Gasteiger partial charge in [-0.05, 0) is 42.9 Å². The molecule has 2 N–H and O–H groups in total. The normalized spacial score (nSPS) is 10.0. The zero-order valence-corrected chi connectivity index (χ0v) is 15.7. The van der Waals surface area contributed by atoms with Crippen molar-refractivity contribution in [1.82, 2.24) is 5.32 Å². The second-order valence-corrected chi connectivity index (χ2v) is 5.97. The largest absolute Gasteiger partial charge is 0.497 e. The Balaban J connectivity index is 1.77. The lowest BCUT2D eigenvalue weighted by Gasteiger charge is -2.19. The van der Waals surface area contributed by atoms with Crippen molar-refractivity contribution in [2.24, 2.45) is 0 Å². The topological polar surface area (TPSA) is 45.8 Å². The fraction of sp³-hybridized carbons (Fsp3) is 0.316. The van der Waals surface area contributed by atoms with E-state index in [4.69, 9.17) is 21.7 Å². The van der Waals surface area contributed by atoms with E-state index in [0.717, 1.165) is 30.9 Å². The first kappa shape index (κ1) is 18.9. The SMILES string of the molecule is COc1ccc(OC)c(NC(=S)NCCCN(C)c2ccccc2)c1. The third kappa shape index (κ3) is 5.83. The summed E-state index contributed by atoms with van der Waals surface area (Å²) < 4.78 is 10.6. The molecule has 0 aliphatic heterocycles. The molecular formula is C19H25N3O2S. The number of anilines is 2. The molecule has 2 aromatic rings. The Kier molecular flexibility index (Phi) is 7.35. The van der Waals surface area contributed by atoms with Crippen LogP contribution in [0.2, 0.25) is 0 Å². The van der Waals surface area contributed by atoms with Crippen molar-refractivity contribution in [2.75, 3.05) is 44.6 Å². The van der Waals surface area contributed by atoms with Gasteiger partial charge in [-0.1, -0.05) is 18.2 Å². The first-order chi connectivity index (χ1) is 12.1. The number of para-hydroxylation sites is 1. The summed E-state index contributed by atoms with van der Waals surface area (Å²) in [6.45, 7) is 1.73. The van der Waals surface area contributed by atoms with Gasteiger partial charge < -0.3 is 25.0 Å². The van der Waals surface area contributed by atoms with Crippen molar-refractivity contribution < 1.29 is 9.47 Å². The minimum Gasteiger partial charge on any atom is -0.497 e. The standard InChI is InChI=1S/C19H25N3O2S/c1-22(15-8-5-4-6-9-15)13-7-12-20-19(25)21-17-14-16(23-2)10-11-18(17)24-3/h4-6,8-11,14H,7,12-13H2,1-3H3,(H2,20,21,25). The first-order valence-corrected chi connectivity index (χ1v) is 8.58. The maximum Gasteiger partial charge on any atom is 0.170 e. The van der Waals surface area contributed by atoms with Gasteiger partial charge >= 0.3 is 0 Å². The molecule has 0 aliphatic carbocycles. The van der Waals surface area contributed by atoms with E-state index in [2.05, 4.69) is 34.7 Å². The Labute approximate surface area is 154 Å². The van der Waals surface area contributed by atoms with Crippen LogP contribution in [-0.2, 0) is 0 Å². The van der Waals surface area contributed by atoms with Crippen LogP contribution in [0.1, 0.15) is 6.42 Å². The molecule has 2 rings (SSSR count). The highest BCUT2D eigenvalue weighted by molar-refractivity contribution is 7.80. The summed E-state index contributed by atoms with van der Waals surface area (Å²) in [7, 11) is 5.35. The van der Waals surface area contributed by atoms with Gasteiger partial charge in [0.05, 0.1) is 19.9 Å². The molecule has 0 heterocycles. The van der Waals surface area contributed by atoms with E-state index < -0.39 is 0 Å². The molecule has 134 valence electrons. The molecule has 0 unspecified atom stereocenters. The molecular weight excluding hydrogens is 334 g/mol. The van der Waals surface area contributed by atoms with Gasteiger partial charge in [0.25, 0.3) is 0 Å². The zero-order valence-electron chi connectivity index (χ0n) is 14.9. The molecule has 6 heteroatoms. The minimum absolute atomic E-state index is 0.564. The van der Waals surface area contributed by atoms with E-state index in [1.165, 1.54) is 5.69 Å². The Morgan fingerprint density at radius 2 is 1.84 bits per heavy atom. The van der Waals surface area contributed by atoms with Crippen molar-refractivity contribution in [3.05, 3.63) is 48.5 Å². The molecule has 0 fully saturated rings. The first-order valence-electron chi connectivity index (χ1n) is 8.17. The van der Waals surface area contributed by atoms with Gasteiger partial charge in [0.1, 0.15) is 11.5 Å². The molecule has 2 aromatic carbocycles. The second kappa shape index (κ2) is 9.74. The van der Waals surface area contributed by atoms with E-state index in [9.17, 15) is 0 Å². The molecule has 0 amide bonds. The average molecular weight is 359 g/mol. The maximum absolute atomic E-state index is 5.36. The minimum atomic E-state index is 0.564. The highest BCUT2D eigenvalue weighted by Crippen LogP contribution is 2.28. The highest BCUT2D eigenvalue weighted by Gasteiger charge is 2.07.